The highest BCUT2D eigenvalue weighted by Gasteiger charge is 2.18. The van der Waals surface area contributed by atoms with Gasteiger partial charge in [0.25, 0.3) is 5.91 Å². The Hall–Kier alpha value is -3.33. The molecule has 0 bridgehead atoms. The molecule has 24 heavy (non-hydrogen) atoms. The van der Waals surface area contributed by atoms with Crippen molar-refractivity contribution in [3.63, 3.8) is 0 Å². The monoisotopic (exact) mass is 319 g/mol. The first-order valence-electron chi connectivity index (χ1n) is 7.71. The predicted octanol–water partition coefficient (Wildman–Crippen LogP) is 2.59. The second-order valence-corrected chi connectivity index (χ2v) is 5.41. The van der Waals surface area contributed by atoms with Crippen LogP contribution in [0.2, 0.25) is 0 Å². The molecule has 2 aromatic heterocycles. The molecule has 0 unspecified atom stereocenters. The average molecular weight is 319 g/mol. The summed E-state index contributed by atoms with van der Waals surface area (Å²) in [6.45, 7) is 2.55. The highest BCUT2D eigenvalue weighted by Crippen LogP contribution is 2.27. The van der Waals surface area contributed by atoms with E-state index in [1.165, 1.54) is 0 Å². The van der Waals surface area contributed by atoms with Crippen LogP contribution >= 0.6 is 0 Å². The fourth-order valence-electron chi connectivity index (χ4n) is 2.56. The van der Waals surface area contributed by atoms with Crippen molar-refractivity contribution in [3.8, 4) is 17.2 Å². The van der Waals surface area contributed by atoms with Gasteiger partial charge in [-0.15, -0.1) is 0 Å². The summed E-state index contributed by atoms with van der Waals surface area (Å²) in [5.41, 5.74) is 9.14. The van der Waals surface area contributed by atoms with Crippen molar-refractivity contribution in [2.45, 2.75) is 13.3 Å². The number of anilines is 1. The van der Waals surface area contributed by atoms with Crippen LogP contribution in [0.3, 0.4) is 0 Å². The molecule has 6 heteroatoms. The van der Waals surface area contributed by atoms with E-state index in [0.29, 0.717) is 23.6 Å². The molecule has 1 amide bonds. The number of hydrogen-bond donors (Lipinski definition) is 2. The number of hydrogen-bond acceptors (Lipinski definition) is 4. The Labute approximate surface area is 139 Å². The van der Waals surface area contributed by atoms with Gasteiger partial charge in [-0.3, -0.25) is 9.20 Å². The van der Waals surface area contributed by atoms with Gasteiger partial charge in [0.15, 0.2) is 5.69 Å². The van der Waals surface area contributed by atoms with Crippen LogP contribution in [0, 0.1) is 11.3 Å². The smallest absolute Gasteiger partial charge is 0.273 e. The molecule has 0 atom stereocenters. The number of pyridine rings is 1. The molecule has 0 spiro atoms. The van der Waals surface area contributed by atoms with Gasteiger partial charge in [0.2, 0.25) is 0 Å². The number of carbonyl (C=O) groups is 1. The van der Waals surface area contributed by atoms with Gasteiger partial charge in [-0.25, -0.2) is 4.98 Å². The van der Waals surface area contributed by atoms with E-state index in [0.717, 1.165) is 17.5 Å². The molecule has 6 nitrogen and oxygen atoms in total. The Balaban J connectivity index is 2.14. The van der Waals surface area contributed by atoms with Crippen molar-refractivity contribution in [3.05, 3.63) is 53.9 Å². The Morgan fingerprint density at radius 3 is 2.96 bits per heavy atom. The molecule has 3 aromatic rings. The summed E-state index contributed by atoms with van der Waals surface area (Å²) >= 11 is 0. The molecule has 0 radical (unpaired) electrons. The summed E-state index contributed by atoms with van der Waals surface area (Å²) in [7, 11) is 0. The van der Waals surface area contributed by atoms with Crippen LogP contribution in [0.15, 0.2) is 42.6 Å². The zero-order valence-electron chi connectivity index (χ0n) is 13.3. The summed E-state index contributed by atoms with van der Waals surface area (Å²) in [4.78, 5) is 16.7. The standard InChI is InChI=1S/C18H17N5O/c1-2-8-21-18(24)15-16(20)23-9-4-7-14(17(23)22-15)13-6-3-5-12(10-13)11-19/h3-7,9-10H,2,8,20H2,1H3,(H,21,24). The minimum absolute atomic E-state index is 0.215. The Kier molecular flexibility index (Phi) is 4.17. The van der Waals surface area contributed by atoms with Crippen LogP contribution < -0.4 is 11.1 Å². The van der Waals surface area contributed by atoms with E-state index >= 15 is 0 Å². The van der Waals surface area contributed by atoms with Crippen molar-refractivity contribution < 1.29 is 4.79 Å². The van der Waals surface area contributed by atoms with Crippen LogP contribution in [0.1, 0.15) is 29.4 Å². The topological polar surface area (TPSA) is 96.2 Å². The predicted molar refractivity (Wildman–Crippen MR) is 92.4 cm³/mol. The van der Waals surface area contributed by atoms with E-state index in [1.807, 2.05) is 31.2 Å². The minimum atomic E-state index is -0.283. The molecule has 0 aliphatic carbocycles. The van der Waals surface area contributed by atoms with E-state index in [9.17, 15) is 4.79 Å². The summed E-state index contributed by atoms with van der Waals surface area (Å²) in [5, 5.41) is 11.9. The lowest BCUT2D eigenvalue weighted by molar-refractivity contribution is 0.0950. The number of carbonyl (C=O) groups excluding carboxylic acids is 1. The quantitative estimate of drug-likeness (QED) is 0.772. The van der Waals surface area contributed by atoms with Crippen LogP contribution in [0.4, 0.5) is 5.82 Å². The number of nitriles is 1. The van der Waals surface area contributed by atoms with Crippen molar-refractivity contribution in [2.75, 3.05) is 12.3 Å². The van der Waals surface area contributed by atoms with Gasteiger partial charge >= 0.3 is 0 Å². The minimum Gasteiger partial charge on any atom is -0.383 e. The number of nitrogen functional groups attached to an aromatic ring is 1. The zero-order valence-corrected chi connectivity index (χ0v) is 13.3. The Bertz CT molecular complexity index is 952. The summed E-state index contributed by atoms with van der Waals surface area (Å²) in [5.74, 6) is 0.0201. The summed E-state index contributed by atoms with van der Waals surface area (Å²) < 4.78 is 1.69. The fourth-order valence-corrected chi connectivity index (χ4v) is 2.56. The molecule has 0 saturated carbocycles. The van der Waals surface area contributed by atoms with Crippen molar-refractivity contribution in [1.29, 1.82) is 5.26 Å². The second kappa shape index (κ2) is 6.42. The van der Waals surface area contributed by atoms with Crippen LogP contribution in [0.5, 0.6) is 0 Å². The molecule has 1 aromatic carbocycles. The largest absolute Gasteiger partial charge is 0.383 e. The number of rotatable bonds is 4. The Morgan fingerprint density at radius 1 is 1.38 bits per heavy atom. The maximum absolute atomic E-state index is 12.2. The first-order chi connectivity index (χ1) is 11.7. The number of imidazole rings is 1. The van der Waals surface area contributed by atoms with Gasteiger partial charge in [0, 0.05) is 18.3 Å². The molecular weight excluding hydrogens is 302 g/mol. The SMILES string of the molecule is CCCNC(=O)c1nc2c(-c3cccc(C#N)c3)cccn2c1N. The summed E-state index contributed by atoms with van der Waals surface area (Å²) in [6, 6.07) is 13.1. The summed E-state index contributed by atoms with van der Waals surface area (Å²) in [6.07, 6.45) is 2.61. The van der Waals surface area contributed by atoms with E-state index in [4.69, 9.17) is 11.0 Å². The van der Waals surface area contributed by atoms with Crippen LogP contribution in [-0.4, -0.2) is 21.8 Å². The maximum atomic E-state index is 12.2. The van der Waals surface area contributed by atoms with Crippen molar-refractivity contribution >= 4 is 17.4 Å². The van der Waals surface area contributed by atoms with E-state index in [2.05, 4.69) is 16.4 Å². The third kappa shape index (κ3) is 2.68. The number of nitrogens with zero attached hydrogens (tertiary/aromatic N) is 3. The first kappa shape index (κ1) is 15.6. The molecule has 2 heterocycles. The van der Waals surface area contributed by atoms with Crippen molar-refractivity contribution in [1.82, 2.24) is 14.7 Å². The molecule has 120 valence electrons. The first-order valence-corrected chi connectivity index (χ1v) is 7.71. The molecule has 0 fully saturated rings. The maximum Gasteiger partial charge on any atom is 0.273 e. The molecule has 3 rings (SSSR count). The lowest BCUT2D eigenvalue weighted by Crippen LogP contribution is -2.25. The lowest BCUT2D eigenvalue weighted by atomic mass is 10.0. The third-order valence-electron chi connectivity index (χ3n) is 3.74. The second-order valence-electron chi connectivity index (χ2n) is 5.41. The molecule has 3 N–H and O–H groups in total. The zero-order chi connectivity index (χ0) is 17.1. The van der Waals surface area contributed by atoms with E-state index in [1.54, 1.807) is 22.7 Å². The van der Waals surface area contributed by atoms with E-state index < -0.39 is 0 Å². The van der Waals surface area contributed by atoms with Gasteiger partial charge in [0.05, 0.1) is 11.6 Å². The van der Waals surface area contributed by atoms with Crippen LogP contribution in [0.25, 0.3) is 16.8 Å². The number of benzene rings is 1. The fraction of sp³-hybridized carbons (Fsp3) is 0.167. The lowest BCUT2D eigenvalue weighted by Gasteiger charge is -2.04. The average Bonchev–Trinajstić information content (AvgIpc) is 2.97. The van der Waals surface area contributed by atoms with Gasteiger partial charge in [0.1, 0.15) is 11.5 Å². The molecule has 0 saturated heterocycles. The number of amides is 1. The van der Waals surface area contributed by atoms with Gasteiger partial charge in [-0.1, -0.05) is 19.1 Å². The molecule has 0 aliphatic rings. The highest BCUT2D eigenvalue weighted by atomic mass is 16.1. The van der Waals surface area contributed by atoms with E-state index in [-0.39, 0.29) is 11.6 Å². The van der Waals surface area contributed by atoms with Crippen LogP contribution in [-0.2, 0) is 0 Å². The number of fused-ring (bicyclic) bond motifs is 1. The third-order valence-corrected chi connectivity index (χ3v) is 3.74. The van der Waals surface area contributed by atoms with Crippen molar-refractivity contribution in [2.24, 2.45) is 0 Å². The molecule has 0 aliphatic heterocycles. The number of nitrogens with one attached hydrogen (secondary N) is 1. The van der Waals surface area contributed by atoms with Gasteiger partial charge < -0.3 is 11.1 Å². The van der Waals surface area contributed by atoms with Gasteiger partial charge in [-0.2, -0.15) is 5.26 Å². The highest BCUT2D eigenvalue weighted by molar-refractivity contribution is 5.98. The number of nitrogens with two attached hydrogens (primary N) is 1. The van der Waals surface area contributed by atoms with Gasteiger partial charge in [-0.05, 0) is 36.2 Å². The normalized spacial score (nSPS) is 10.5. The Morgan fingerprint density at radius 2 is 2.21 bits per heavy atom. The number of aromatic nitrogens is 2. The molecular formula is C18H17N5O.